The lowest BCUT2D eigenvalue weighted by Gasteiger charge is -2.34. The molecule has 242 valence electrons. The number of fused-ring (bicyclic) bond motifs is 2. The molecule has 0 bridgehead atoms. The molecule has 12 nitrogen and oxygen atoms in total. The monoisotopic (exact) mass is 642 g/mol. The molecule has 6 N–H and O–H groups in total. The van der Waals surface area contributed by atoms with Crippen molar-refractivity contribution in [2.75, 3.05) is 27.4 Å². The van der Waals surface area contributed by atoms with E-state index in [1.54, 1.807) is 42.5 Å². The quantitative estimate of drug-likeness (QED) is 0.128. The fraction of sp³-hybridized carbons (Fsp3) is 0.171. The molecule has 47 heavy (non-hydrogen) atoms. The van der Waals surface area contributed by atoms with Crippen LogP contribution in [0.5, 0.6) is 46.0 Å². The number of phenolic OH excluding ortho intramolecular Hbond substituents is 4. The molecule has 1 aliphatic rings. The van der Waals surface area contributed by atoms with E-state index in [1.165, 1.54) is 38.5 Å². The summed E-state index contributed by atoms with van der Waals surface area (Å²) < 4.78 is 28.9. The SMILES string of the molecule is COc1cc(C=C(CO)c2cc([C@H]3Oc4cc(-c5cc(=O)c6c(O)cc(O)cc6o5)ccc4O[C@H]3CO)cc(OC)c2O)ccc1O. The van der Waals surface area contributed by atoms with Crippen LogP contribution < -0.4 is 24.4 Å². The predicted molar refractivity (Wildman–Crippen MR) is 170 cm³/mol. The number of hydrogen-bond donors (Lipinski definition) is 6. The van der Waals surface area contributed by atoms with Crippen molar-refractivity contribution in [3.05, 3.63) is 93.6 Å². The number of aliphatic hydroxyl groups is 2. The molecule has 2 atom stereocenters. The molecule has 6 rings (SSSR count). The van der Waals surface area contributed by atoms with Crippen LogP contribution in [0.15, 0.2) is 75.9 Å². The van der Waals surface area contributed by atoms with E-state index in [2.05, 4.69) is 0 Å². The summed E-state index contributed by atoms with van der Waals surface area (Å²) in [5.74, 6) is 0.00424. The van der Waals surface area contributed by atoms with Crippen LogP contribution in [0.25, 0.3) is 33.9 Å². The largest absolute Gasteiger partial charge is 0.508 e. The number of phenols is 4. The topological polar surface area (TPSA) is 189 Å². The van der Waals surface area contributed by atoms with E-state index >= 15 is 0 Å². The number of methoxy groups -OCH3 is 2. The molecular formula is C35H30O12. The van der Waals surface area contributed by atoms with E-state index in [0.29, 0.717) is 28.0 Å². The van der Waals surface area contributed by atoms with Crippen molar-refractivity contribution in [3.8, 4) is 57.3 Å². The van der Waals surface area contributed by atoms with Gasteiger partial charge in [0.25, 0.3) is 0 Å². The third-order valence-electron chi connectivity index (χ3n) is 7.78. The molecule has 1 aromatic heterocycles. The Morgan fingerprint density at radius 3 is 2.34 bits per heavy atom. The lowest BCUT2D eigenvalue weighted by molar-refractivity contribution is -0.0123. The number of hydrogen-bond acceptors (Lipinski definition) is 12. The summed E-state index contributed by atoms with van der Waals surface area (Å²) >= 11 is 0. The maximum Gasteiger partial charge on any atom is 0.197 e. The van der Waals surface area contributed by atoms with Gasteiger partial charge in [0.1, 0.15) is 28.2 Å². The Morgan fingerprint density at radius 1 is 0.830 bits per heavy atom. The highest BCUT2D eigenvalue weighted by molar-refractivity contribution is 5.87. The summed E-state index contributed by atoms with van der Waals surface area (Å²) in [6.45, 7) is -0.916. The highest BCUT2D eigenvalue weighted by Gasteiger charge is 2.34. The van der Waals surface area contributed by atoms with Crippen molar-refractivity contribution < 1.29 is 54.0 Å². The van der Waals surface area contributed by atoms with Crippen LogP contribution in [-0.4, -0.2) is 64.2 Å². The van der Waals surface area contributed by atoms with Gasteiger partial charge in [-0.25, -0.2) is 0 Å². The number of rotatable bonds is 8. The van der Waals surface area contributed by atoms with Crippen molar-refractivity contribution in [2.45, 2.75) is 12.2 Å². The van der Waals surface area contributed by atoms with E-state index in [-0.39, 0.29) is 56.8 Å². The predicted octanol–water partition coefficient (Wildman–Crippen LogP) is 4.71. The van der Waals surface area contributed by atoms with Crippen LogP contribution in [0.2, 0.25) is 0 Å². The number of aromatic hydroxyl groups is 4. The Labute approximate surface area is 267 Å². The minimum Gasteiger partial charge on any atom is -0.508 e. The van der Waals surface area contributed by atoms with Gasteiger partial charge in [-0.1, -0.05) is 6.07 Å². The van der Waals surface area contributed by atoms with Gasteiger partial charge < -0.3 is 54.0 Å². The van der Waals surface area contributed by atoms with Gasteiger partial charge in [0.15, 0.2) is 52.1 Å². The smallest absolute Gasteiger partial charge is 0.197 e. The molecule has 0 amide bonds. The fourth-order valence-corrected chi connectivity index (χ4v) is 5.49. The van der Waals surface area contributed by atoms with Gasteiger partial charge in [-0.3, -0.25) is 4.79 Å². The molecule has 12 heteroatoms. The van der Waals surface area contributed by atoms with Crippen molar-refractivity contribution >= 4 is 22.6 Å². The molecule has 0 saturated carbocycles. The zero-order valence-electron chi connectivity index (χ0n) is 25.1. The Bertz CT molecular complexity index is 2080. The first-order chi connectivity index (χ1) is 22.6. The summed E-state index contributed by atoms with van der Waals surface area (Å²) in [5, 5.41) is 61.6. The lowest BCUT2D eigenvalue weighted by atomic mass is 9.95. The molecule has 0 spiro atoms. The standard InChI is InChI=1S/C35H30O12/c1-43-28-8-17(3-5-23(28)39)7-20(15-36)22-9-19(11-31(44-2)34(22)42)35-32(16-37)45-26-6-4-18(10-29(26)47-35)27-14-25(41)33-24(40)12-21(38)13-30(33)46-27/h3-14,32,35-40,42H,15-16H2,1-2H3/t32-,35+/m0/s1. The normalized spacial score (nSPS) is 15.9. The first-order valence-corrected chi connectivity index (χ1v) is 14.3. The molecule has 0 radical (unpaired) electrons. The summed E-state index contributed by atoms with van der Waals surface area (Å²) in [4.78, 5) is 12.8. The van der Waals surface area contributed by atoms with E-state index in [4.69, 9.17) is 23.4 Å². The second kappa shape index (κ2) is 12.5. The van der Waals surface area contributed by atoms with Crippen LogP contribution in [0.1, 0.15) is 22.8 Å². The average molecular weight is 643 g/mol. The van der Waals surface area contributed by atoms with E-state index in [9.17, 15) is 35.4 Å². The van der Waals surface area contributed by atoms with Gasteiger partial charge in [-0.15, -0.1) is 0 Å². The highest BCUT2D eigenvalue weighted by Crippen LogP contribution is 2.45. The Kier molecular flexibility index (Phi) is 8.29. The first kappa shape index (κ1) is 31.1. The van der Waals surface area contributed by atoms with Crippen LogP contribution in [-0.2, 0) is 0 Å². The van der Waals surface area contributed by atoms with E-state index in [0.717, 1.165) is 6.07 Å². The van der Waals surface area contributed by atoms with Gasteiger partial charge in [-0.2, -0.15) is 0 Å². The summed E-state index contributed by atoms with van der Waals surface area (Å²) in [6, 6.07) is 16.0. The lowest BCUT2D eigenvalue weighted by Crippen LogP contribution is -2.36. The first-order valence-electron chi connectivity index (χ1n) is 14.3. The molecule has 4 aromatic carbocycles. The van der Waals surface area contributed by atoms with Crippen molar-refractivity contribution in [3.63, 3.8) is 0 Å². The third kappa shape index (κ3) is 5.83. The average Bonchev–Trinajstić information content (AvgIpc) is 3.06. The van der Waals surface area contributed by atoms with Gasteiger partial charge in [0.05, 0.1) is 27.4 Å². The van der Waals surface area contributed by atoms with E-state index in [1.807, 2.05) is 0 Å². The Hall–Kier alpha value is -5.85. The second-order valence-corrected chi connectivity index (χ2v) is 10.7. The molecule has 1 aliphatic heterocycles. The van der Waals surface area contributed by atoms with Crippen molar-refractivity contribution in [2.24, 2.45) is 0 Å². The maximum absolute atomic E-state index is 12.8. The van der Waals surface area contributed by atoms with Crippen LogP contribution in [0, 0.1) is 0 Å². The molecule has 2 heterocycles. The summed E-state index contributed by atoms with van der Waals surface area (Å²) in [6.07, 6.45) is -0.203. The molecule has 0 aliphatic carbocycles. The second-order valence-electron chi connectivity index (χ2n) is 10.7. The maximum atomic E-state index is 12.8. The number of aliphatic hydroxyl groups excluding tert-OH is 2. The Balaban J connectivity index is 1.41. The minimum atomic E-state index is -0.929. The fourth-order valence-electron chi connectivity index (χ4n) is 5.49. The van der Waals surface area contributed by atoms with Crippen LogP contribution in [0.3, 0.4) is 0 Å². The Morgan fingerprint density at radius 2 is 1.62 bits per heavy atom. The number of ether oxygens (including phenoxy) is 4. The van der Waals surface area contributed by atoms with Gasteiger partial charge in [0.2, 0.25) is 0 Å². The molecular weight excluding hydrogens is 612 g/mol. The van der Waals surface area contributed by atoms with Gasteiger partial charge >= 0.3 is 0 Å². The highest BCUT2D eigenvalue weighted by atomic mass is 16.6. The minimum absolute atomic E-state index is 0.0136. The summed E-state index contributed by atoms with van der Waals surface area (Å²) in [5.41, 5.74) is 1.43. The third-order valence-corrected chi connectivity index (χ3v) is 7.78. The zero-order chi connectivity index (χ0) is 33.4. The molecule has 5 aromatic rings. The van der Waals surface area contributed by atoms with Crippen molar-refractivity contribution in [1.82, 2.24) is 0 Å². The van der Waals surface area contributed by atoms with Crippen LogP contribution in [0.4, 0.5) is 0 Å². The summed E-state index contributed by atoms with van der Waals surface area (Å²) in [7, 11) is 2.78. The molecule has 0 saturated heterocycles. The van der Waals surface area contributed by atoms with Crippen LogP contribution >= 0.6 is 0 Å². The van der Waals surface area contributed by atoms with Crippen molar-refractivity contribution in [1.29, 1.82) is 0 Å². The molecule has 0 fully saturated rings. The van der Waals surface area contributed by atoms with Gasteiger partial charge in [-0.05, 0) is 59.7 Å². The molecule has 0 unspecified atom stereocenters. The number of benzene rings is 4. The van der Waals surface area contributed by atoms with E-state index < -0.39 is 36.6 Å². The zero-order valence-corrected chi connectivity index (χ0v) is 25.1. The van der Waals surface area contributed by atoms with Gasteiger partial charge in [0, 0.05) is 34.9 Å².